The van der Waals surface area contributed by atoms with Gasteiger partial charge in [0.25, 0.3) is 0 Å². The van der Waals surface area contributed by atoms with Crippen molar-refractivity contribution < 1.29 is 13.9 Å². The highest BCUT2D eigenvalue weighted by Crippen LogP contribution is 2.23. The predicted octanol–water partition coefficient (Wildman–Crippen LogP) is 4.52. The van der Waals surface area contributed by atoms with Crippen molar-refractivity contribution in [2.24, 2.45) is 0 Å². The lowest BCUT2D eigenvalue weighted by atomic mass is 10.1. The minimum absolute atomic E-state index is 0.103. The Bertz CT molecular complexity index is 794. The predicted molar refractivity (Wildman–Crippen MR) is 108 cm³/mol. The third kappa shape index (κ3) is 6.13. The summed E-state index contributed by atoms with van der Waals surface area (Å²) in [5, 5.41) is 2.95. The van der Waals surface area contributed by atoms with Crippen molar-refractivity contribution in [1.29, 1.82) is 0 Å². The van der Waals surface area contributed by atoms with Gasteiger partial charge in [-0.2, -0.15) is 0 Å². The van der Waals surface area contributed by atoms with Crippen LogP contribution in [0, 0.1) is 12.7 Å². The molecule has 0 saturated carbocycles. The van der Waals surface area contributed by atoms with Gasteiger partial charge in [-0.05, 0) is 71.1 Å². The molecule has 0 bridgehead atoms. The largest absolute Gasteiger partial charge is 0.377 e. The fraction of sp³-hybridized carbons (Fsp3) is 0.381. The first-order valence-corrected chi connectivity index (χ1v) is 9.93. The van der Waals surface area contributed by atoms with Gasteiger partial charge in [-0.25, -0.2) is 4.39 Å². The maximum Gasteiger partial charge on any atom is 0.238 e. The SMILES string of the molecule is Cc1ccc(NC(=O)CN(Cc2cccc(F)c2)CC2CCCO2)c(Br)c1. The zero-order valence-corrected chi connectivity index (χ0v) is 17.0. The number of aryl methyl sites for hydroxylation is 1. The number of halogens is 2. The molecular formula is C21H24BrFN2O2. The van der Waals surface area contributed by atoms with Crippen LogP contribution in [0.3, 0.4) is 0 Å². The number of anilines is 1. The summed E-state index contributed by atoms with van der Waals surface area (Å²) in [5.74, 6) is -0.369. The van der Waals surface area contributed by atoms with E-state index in [1.165, 1.54) is 12.1 Å². The van der Waals surface area contributed by atoms with Crippen LogP contribution in [0.25, 0.3) is 0 Å². The molecule has 1 fully saturated rings. The molecule has 1 aliphatic heterocycles. The quantitative estimate of drug-likeness (QED) is 0.696. The summed E-state index contributed by atoms with van der Waals surface area (Å²) in [5.41, 5.74) is 2.71. The van der Waals surface area contributed by atoms with Gasteiger partial charge in [0.15, 0.2) is 0 Å². The van der Waals surface area contributed by atoms with E-state index in [1.54, 1.807) is 6.07 Å². The molecule has 1 saturated heterocycles. The highest BCUT2D eigenvalue weighted by Gasteiger charge is 2.21. The standard InChI is InChI=1S/C21H24BrFN2O2/c1-15-7-8-20(19(22)10-15)24-21(26)14-25(13-18-6-3-9-27-18)12-16-4-2-5-17(23)11-16/h2,4-5,7-8,10-11,18H,3,6,9,12-14H2,1H3,(H,24,26). The third-order valence-corrected chi connectivity index (χ3v) is 5.20. The minimum Gasteiger partial charge on any atom is -0.377 e. The Balaban J connectivity index is 1.66. The van der Waals surface area contributed by atoms with E-state index in [4.69, 9.17) is 4.74 Å². The molecule has 3 rings (SSSR count). The first-order valence-electron chi connectivity index (χ1n) is 9.14. The molecule has 1 N–H and O–H groups in total. The molecule has 1 atom stereocenters. The van der Waals surface area contributed by atoms with Gasteiger partial charge in [-0.1, -0.05) is 18.2 Å². The molecule has 0 aliphatic carbocycles. The van der Waals surface area contributed by atoms with Gasteiger partial charge < -0.3 is 10.1 Å². The number of nitrogens with one attached hydrogen (secondary N) is 1. The Hall–Kier alpha value is -1.76. The zero-order valence-electron chi connectivity index (χ0n) is 15.4. The van der Waals surface area contributed by atoms with E-state index in [0.717, 1.165) is 40.7 Å². The molecule has 1 heterocycles. The number of nitrogens with zero attached hydrogens (tertiary/aromatic N) is 1. The number of amides is 1. The van der Waals surface area contributed by atoms with Gasteiger partial charge in [0.2, 0.25) is 5.91 Å². The van der Waals surface area contributed by atoms with Gasteiger partial charge >= 0.3 is 0 Å². The second kappa shape index (κ2) is 9.44. The van der Waals surface area contributed by atoms with Crippen LogP contribution >= 0.6 is 15.9 Å². The summed E-state index contributed by atoms with van der Waals surface area (Å²) in [6.45, 7) is 4.13. The number of rotatable bonds is 7. The summed E-state index contributed by atoms with van der Waals surface area (Å²) in [6, 6.07) is 12.3. The molecule has 27 heavy (non-hydrogen) atoms. The maximum atomic E-state index is 13.5. The van der Waals surface area contributed by atoms with Crippen LogP contribution in [0.1, 0.15) is 24.0 Å². The average molecular weight is 435 g/mol. The molecule has 144 valence electrons. The topological polar surface area (TPSA) is 41.6 Å². The summed E-state index contributed by atoms with van der Waals surface area (Å²) in [7, 11) is 0. The fourth-order valence-corrected chi connectivity index (χ4v) is 3.86. The van der Waals surface area contributed by atoms with Crippen molar-refractivity contribution in [2.45, 2.75) is 32.4 Å². The molecule has 0 aromatic heterocycles. The number of benzene rings is 2. The van der Waals surface area contributed by atoms with Crippen molar-refractivity contribution in [3.8, 4) is 0 Å². The van der Waals surface area contributed by atoms with Gasteiger partial charge in [-0.3, -0.25) is 9.69 Å². The van der Waals surface area contributed by atoms with Crippen molar-refractivity contribution in [1.82, 2.24) is 4.90 Å². The lowest BCUT2D eigenvalue weighted by molar-refractivity contribution is -0.117. The summed E-state index contributed by atoms with van der Waals surface area (Å²) < 4.78 is 20.1. The van der Waals surface area contributed by atoms with Crippen molar-refractivity contribution >= 4 is 27.5 Å². The zero-order chi connectivity index (χ0) is 19.2. The third-order valence-electron chi connectivity index (χ3n) is 4.55. The minimum atomic E-state index is -0.266. The van der Waals surface area contributed by atoms with Gasteiger partial charge in [0, 0.05) is 24.2 Å². The van der Waals surface area contributed by atoms with E-state index in [0.29, 0.717) is 13.1 Å². The monoisotopic (exact) mass is 434 g/mol. The van der Waals surface area contributed by atoms with Crippen LogP contribution < -0.4 is 5.32 Å². The van der Waals surface area contributed by atoms with Crippen LogP contribution in [-0.4, -0.2) is 36.6 Å². The molecule has 1 unspecified atom stereocenters. The van der Waals surface area contributed by atoms with Crippen LogP contribution in [0.15, 0.2) is 46.9 Å². The van der Waals surface area contributed by atoms with Crippen LogP contribution in [0.5, 0.6) is 0 Å². The molecular weight excluding hydrogens is 411 g/mol. The lowest BCUT2D eigenvalue weighted by Crippen LogP contribution is -2.38. The van der Waals surface area contributed by atoms with E-state index in [1.807, 2.05) is 36.1 Å². The van der Waals surface area contributed by atoms with E-state index in [2.05, 4.69) is 21.2 Å². The van der Waals surface area contributed by atoms with E-state index >= 15 is 0 Å². The second-order valence-electron chi connectivity index (χ2n) is 6.97. The van der Waals surface area contributed by atoms with Crippen LogP contribution in [-0.2, 0) is 16.1 Å². The number of hydrogen-bond acceptors (Lipinski definition) is 3. The summed E-state index contributed by atoms with van der Waals surface area (Å²) in [4.78, 5) is 14.6. The Kier molecular flexibility index (Phi) is 6.99. The average Bonchev–Trinajstić information content (AvgIpc) is 3.10. The van der Waals surface area contributed by atoms with Crippen LogP contribution in [0.4, 0.5) is 10.1 Å². The smallest absolute Gasteiger partial charge is 0.238 e. The Morgan fingerprint density at radius 3 is 2.89 bits per heavy atom. The highest BCUT2D eigenvalue weighted by molar-refractivity contribution is 9.10. The molecule has 1 amide bonds. The summed E-state index contributed by atoms with van der Waals surface area (Å²) >= 11 is 3.48. The first kappa shape index (κ1) is 20.0. The number of carbonyl (C=O) groups excluding carboxylic acids is 1. The molecule has 0 spiro atoms. The summed E-state index contributed by atoms with van der Waals surface area (Å²) in [6.07, 6.45) is 2.16. The molecule has 1 aliphatic rings. The van der Waals surface area contributed by atoms with Crippen molar-refractivity contribution in [3.63, 3.8) is 0 Å². The Labute approximate surface area is 167 Å². The molecule has 0 radical (unpaired) electrons. The second-order valence-corrected chi connectivity index (χ2v) is 7.82. The Morgan fingerprint density at radius 1 is 1.33 bits per heavy atom. The van der Waals surface area contributed by atoms with Gasteiger partial charge in [0.1, 0.15) is 5.82 Å². The van der Waals surface area contributed by atoms with Crippen molar-refractivity contribution in [2.75, 3.05) is 25.0 Å². The Morgan fingerprint density at radius 2 is 2.19 bits per heavy atom. The van der Waals surface area contributed by atoms with E-state index in [9.17, 15) is 9.18 Å². The fourth-order valence-electron chi connectivity index (χ4n) is 3.27. The molecule has 4 nitrogen and oxygen atoms in total. The van der Waals surface area contributed by atoms with Crippen LogP contribution in [0.2, 0.25) is 0 Å². The molecule has 2 aromatic rings. The highest BCUT2D eigenvalue weighted by atomic mass is 79.9. The van der Waals surface area contributed by atoms with Gasteiger partial charge in [-0.15, -0.1) is 0 Å². The van der Waals surface area contributed by atoms with Crippen molar-refractivity contribution in [3.05, 3.63) is 63.9 Å². The number of hydrogen-bond donors (Lipinski definition) is 1. The lowest BCUT2D eigenvalue weighted by Gasteiger charge is -2.25. The van der Waals surface area contributed by atoms with E-state index in [-0.39, 0.29) is 24.4 Å². The first-order chi connectivity index (χ1) is 13.0. The van der Waals surface area contributed by atoms with Gasteiger partial charge in [0.05, 0.1) is 18.3 Å². The molecule has 6 heteroatoms. The number of ether oxygens (including phenoxy) is 1. The normalized spacial score (nSPS) is 16.7. The molecule has 2 aromatic carbocycles. The maximum absolute atomic E-state index is 13.5. The number of carbonyl (C=O) groups is 1. The van der Waals surface area contributed by atoms with E-state index < -0.39 is 0 Å².